The Balaban J connectivity index is 2.38. The lowest BCUT2D eigenvalue weighted by Gasteiger charge is -2.25. The number of likely N-dealkylation sites (N-methyl/N-ethyl adjacent to an activating group) is 1. The van der Waals surface area contributed by atoms with E-state index in [2.05, 4.69) is 17.1 Å². The first-order chi connectivity index (χ1) is 9.97. The van der Waals surface area contributed by atoms with Crippen LogP contribution in [0.1, 0.15) is 41.6 Å². The second kappa shape index (κ2) is 6.58. The highest BCUT2D eigenvalue weighted by Gasteiger charge is 2.29. The maximum absolute atomic E-state index is 12.1. The number of anilines is 1. The Hall–Kier alpha value is -1.40. The molecule has 0 saturated heterocycles. The van der Waals surface area contributed by atoms with Crippen LogP contribution in [0, 0.1) is 5.92 Å². The number of ether oxygens (including phenoxy) is 1. The van der Waals surface area contributed by atoms with Gasteiger partial charge in [-0.05, 0) is 18.5 Å². The van der Waals surface area contributed by atoms with Crippen LogP contribution >= 0.6 is 11.3 Å². The zero-order chi connectivity index (χ0) is 15.6. The van der Waals surface area contributed by atoms with E-state index < -0.39 is 0 Å². The number of thiophene rings is 1. The van der Waals surface area contributed by atoms with Gasteiger partial charge in [0.1, 0.15) is 5.00 Å². The van der Waals surface area contributed by atoms with Crippen LogP contribution in [0.25, 0.3) is 0 Å². The van der Waals surface area contributed by atoms with E-state index in [0.29, 0.717) is 10.6 Å². The summed E-state index contributed by atoms with van der Waals surface area (Å²) in [6.07, 6.45) is 0.821. The topological polar surface area (TPSA) is 58.6 Å². The average Bonchev–Trinajstić information content (AvgIpc) is 2.82. The van der Waals surface area contributed by atoms with E-state index >= 15 is 0 Å². The second-order valence-corrected chi connectivity index (χ2v) is 6.57. The van der Waals surface area contributed by atoms with E-state index in [0.717, 1.165) is 36.5 Å². The van der Waals surface area contributed by atoms with Crippen molar-refractivity contribution in [2.24, 2.45) is 5.92 Å². The third kappa shape index (κ3) is 3.27. The minimum Gasteiger partial charge on any atom is -0.465 e. The quantitative estimate of drug-likeness (QED) is 0.868. The zero-order valence-electron chi connectivity index (χ0n) is 13.0. The summed E-state index contributed by atoms with van der Waals surface area (Å²) in [5, 5.41) is 3.50. The number of rotatable bonds is 4. The largest absolute Gasteiger partial charge is 0.465 e. The Labute approximate surface area is 129 Å². The molecule has 0 unspecified atom stereocenters. The molecular weight excluding hydrogens is 288 g/mol. The van der Waals surface area contributed by atoms with Crippen molar-refractivity contribution in [3.8, 4) is 0 Å². The lowest BCUT2D eigenvalue weighted by Crippen LogP contribution is -2.30. The molecule has 2 heterocycles. The number of nitrogens with zero attached hydrogens (tertiary/aromatic N) is 1. The predicted molar refractivity (Wildman–Crippen MR) is 83.8 cm³/mol. The third-order valence-electron chi connectivity index (χ3n) is 3.73. The summed E-state index contributed by atoms with van der Waals surface area (Å²) in [4.78, 5) is 27.5. The van der Waals surface area contributed by atoms with Crippen molar-refractivity contribution in [2.45, 2.75) is 33.7 Å². The van der Waals surface area contributed by atoms with Crippen LogP contribution in [0.5, 0.6) is 0 Å². The van der Waals surface area contributed by atoms with Crippen molar-refractivity contribution < 1.29 is 14.3 Å². The summed E-state index contributed by atoms with van der Waals surface area (Å²) in [6.45, 7) is 8.54. The number of hydrogen-bond acceptors (Lipinski definition) is 5. The van der Waals surface area contributed by atoms with Crippen molar-refractivity contribution in [2.75, 3.05) is 25.5 Å². The number of fused-ring (bicyclic) bond motifs is 1. The summed E-state index contributed by atoms with van der Waals surface area (Å²) in [5.74, 6) is -0.565. The molecule has 1 amide bonds. The zero-order valence-corrected chi connectivity index (χ0v) is 13.8. The van der Waals surface area contributed by atoms with Gasteiger partial charge in [0.15, 0.2) is 0 Å². The van der Waals surface area contributed by atoms with Crippen molar-refractivity contribution in [3.05, 3.63) is 16.0 Å². The molecule has 0 bridgehead atoms. The first kappa shape index (κ1) is 16.0. The van der Waals surface area contributed by atoms with Gasteiger partial charge in [-0.1, -0.05) is 20.8 Å². The molecule has 0 aliphatic carbocycles. The highest BCUT2D eigenvalue weighted by molar-refractivity contribution is 7.17. The Morgan fingerprint density at radius 2 is 2.14 bits per heavy atom. The maximum atomic E-state index is 12.1. The molecule has 6 heteroatoms. The number of hydrogen-bond donors (Lipinski definition) is 1. The average molecular weight is 310 g/mol. The van der Waals surface area contributed by atoms with Crippen molar-refractivity contribution in [3.63, 3.8) is 0 Å². The summed E-state index contributed by atoms with van der Waals surface area (Å²) >= 11 is 1.50. The van der Waals surface area contributed by atoms with E-state index in [-0.39, 0.29) is 17.8 Å². The Morgan fingerprint density at radius 1 is 1.43 bits per heavy atom. The lowest BCUT2D eigenvalue weighted by molar-refractivity contribution is -0.118. The molecule has 0 spiro atoms. The van der Waals surface area contributed by atoms with Gasteiger partial charge in [-0.2, -0.15) is 0 Å². The smallest absolute Gasteiger partial charge is 0.341 e. The van der Waals surface area contributed by atoms with E-state index in [9.17, 15) is 9.59 Å². The summed E-state index contributed by atoms with van der Waals surface area (Å²) in [5.41, 5.74) is 1.58. The monoisotopic (exact) mass is 310 g/mol. The summed E-state index contributed by atoms with van der Waals surface area (Å²) < 4.78 is 4.90. The Kier molecular flexibility index (Phi) is 5.00. The van der Waals surface area contributed by atoms with Crippen LogP contribution < -0.4 is 5.32 Å². The van der Waals surface area contributed by atoms with Crippen LogP contribution in [0.15, 0.2) is 0 Å². The van der Waals surface area contributed by atoms with Gasteiger partial charge in [-0.3, -0.25) is 9.69 Å². The molecule has 1 aromatic rings. The summed E-state index contributed by atoms with van der Waals surface area (Å²) in [6, 6.07) is 0. The van der Waals surface area contributed by atoms with Gasteiger partial charge in [0.05, 0.1) is 12.7 Å². The third-order valence-corrected chi connectivity index (χ3v) is 4.87. The molecule has 1 aromatic heterocycles. The fourth-order valence-corrected chi connectivity index (χ4v) is 3.67. The van der Waals surface area contributed by atoms with Gasteiger partial charge >= 0.3 is 5.97 Å². The molecule has 0 fully saturated rings. The van der Waals surface area contributed by atoms with Crippen molar-refractivity contribution in [1.82, 2.24) is 4.90 Å². The van der Waals surface area contributed by atoms with E-state index in [4.69, 9.17) is 4.74 Å². The number of esters is 1. The first-order valence-electron chi connectivity index (χ1n) is 7.24. The van der Waals surface area contributed by atoms with Gasteiger partial charge < -0.3 is 10.1 Å². The molecule has 0 aromatic carbocycles. The standard InChI is InChI=1S/C15H22N2O3S/c1-5-17-7-6-10-11(8-17)21-14(12(10)15(19)20-4)16-13(18)9(2)3/h9H,5-8H2,1-4H3,(H,16,18). The normalized spacial score (nSPS) is 14.9. The molecule has 2 rings (SSSR count). The van der Waals surface area contributed by atoms with Crippen LogP contribution in [-0.2, 0) is 22.5 Å². The molecule has 0 saturated carbocycles. The summed E-state index contributed by atoms with van der Waals surface area (Å²) in [7, 11) is 1.38. The van der Waals surface area contributed by atoms with E-state index in [1.807, 2.05) is 13.8 Å². The number of carbonyl (C=O) groups excluding carboxylic acids is 2. The SMILES string of the molecule is CCN1CCc2c(sc(NC(=O)C(C)C)c2C(=O)OC)C1. The molecular formula is C15H22N2O3S. The van der Waals surface area contributed by atoms with Crippen LogP contribution in [0.2, 0.25) is 0 Å². The first-order valence-corrected chi connectivity index (χ1v) is 8.05. The molecule has 116 valence electrons. The van der Waals surface area contributed by atoms with Crippen LogP contribution in [0.3, 0.4) is 0 Å². The molecule has 1 N–H and O–H groups in total. The second-order valence-electron chi connectivity index (χ2n) is 5.46. The highest BCUT2D eigenvalue weighted by Crippen LogP contribution is 2.37. The minimum absolute atomic E-state index is 0.0777. The minimum atomic E-state index is -0.364. The van der Waals surface area contributed by atoms with Gasteiger partial charge in [-0.15, -0.1) is 11.3 Å². The molecule has 0 atom stereocenters. The van der Waals surface area contributed by atoms with Crippen molar-refractivity contribution in [1.29, 1.82) is 0 Å². The van der Waals surface area contributed by atoms with Crippen LogP contribution in [0.4, 0.5) is 5.00 Å². The fourth-order valence-electron chi connectivity index (χ4n) is 2.39. The Morgan fingerprint density at radius 3 is 2.71 bits per heavy atom. The number of methoxy groups -OCH3 is 1. The van der Waals surface area contributed by atoms with E-state index in [1.165, 1.54) is 18.4 Å². The maximum Gasteiger partial charge on any atom is 0.341 e. The molecule has 5 nitrogen and oxygen atoms in total. The Bertz CT molecular complexity index is 551. The number of amides is 1. The predicted octanol–water partition coefficient (Wildman–Crippen LogP) is 2.51. The lowest BCUT2D eigenvalue weighted by atomic mass is 10.0. The molecule has 21 heavy (non-hydrogen) atoms. The molecule has 1 aliphatic rings. The number of carbonyl (C=O) groups is 2. The number of nitrogens with one attached hydrogen (secondary N) is 1. The van der Waals surface area contributed by atoms with Crippen LogP contribution in [-0.4, -0.2) is 37.0 Å². The van der Waals surface area contributed by atoms with Gasteiger partial charge in [0.2, 0.25) is 5.91 Å². The highest BCUT2D eigenvalue weighted by atomic mass is 32.1. The van der Waals surface area contributed by atoms with Gasteiger partial charge in [0, 0.05) is 23.9 Å². The van der Waals surface area contributed by atoms with E-state index in [1.54, 1.807) is 0 Å². The van der Waals surface area contributed by atoms with Gasteiger partial charge in [-0.25, -0.2) is 4.79 Å². The molecule has 1 aliphatic heterocycles. The van der Waals surface area contributed by atoms with Gasteiger partial charge in [0.25, 0.3) is 0 Å². The van der Waals surface area contributed by atoms with Crippen molar-refractivity contribution >= 4 is 28.2 Å². The fraction of sp³-hybridized carbons (Fsp3) is 0.600. The molecule has 0 radical (unpaired) electrons.